The number of aromatic nitrogens is 4. The van der Waals surface area contributed by atoms with E-state index in [9.17, 15) is 4.79 Å². The van der Waals surface area contributed by atoms with Gasteiger partial charge in [0.05, 0.1) is 12.7 Å². The van der Waals surface area contributed by atoms with E-state index in [-0.39, 0.29) is 11.8 Å². The van der Waals surface area contributed by atoms with Gasteiger partial charge in [0.2, 0.25) is 5.91 Å². The Morgan fingerprint density at radius 2 is 2.14 bits per heavy atom. The molecule has 22 heavy (non-hydrogen) atoms. The summed E-state index contributed by atoms with van der Waals surface area (Å²) in [6.07, 6.45) is 5.94. The van der Waals surface area contributed by atoms with Crippen molar-refractivity contribution in [3.05, 3.63) is 65.6 Å². The Bertz CT molecular complexity index is 806. The van der Waals surface area contributed by atoms with Gasteiger partial charge in [-0.25, -0.2) is 0 Å². The maximum atomic E-state index is 12.0. The van der Waals surface area contributed by atoms with Crippen molar-refractivity contribution in [1.29, 1.82) is 0 Å². The average Bonchev–Trinajstić information content (AvgIpc) is 3.18. The van der Waals surface area contributed by atoms with E-state index < -0.39 is 0 Å². The second kappa shape index (κ2) is 5.14. The molecule has 3 aromatic rings. The molecule has 3 heterocycles. The van der Waals surface area contributed by atoms with E-state index in [4.69, 9.17) is 0 Å². The molecule has 1 atom stereocenters. The zero-order chi connectivity index (χ0) is 14.9. The van der Waals surface area contributed by atoms with E-state index >= 15 is 0 Å². The molecule has 1 amide bonds. The molecule has 2 aromatic heterocycles. The summed E-state index contributed by atoms with van der Waals surface area (Å²) in [6, 6.07) is 10.1. The Kier molecular flexibility index (Phi) is 3.00. The van der Waals surface area contributed by atoms with Gasteiger partial charge in [-0.3, -0.25) is 14.6 Å². The molecule has 1 aliphatic rings. The highest BCUT2D eigenvalue weighted by Gasteiger charge is 2.29. The van der Waals surface area contributed by atoms with Crippen molar-refractivity contribution in [3.8, 4) is 0 Å². The number of amides is 1. The molecule has 6 heteroatoms. The summed E-state index contributed by atoms with van der Waals surface area (Å²) in [5.41, 5.74) is 3.35. The van der Waals surface area contributed by atoms with E-state index in [1.165, 1.54) is 0 Å². The maximum absolute atomic E-state index is 12.0. The van der Waals surface area contributed by atoms with Crippen LogP contribution in [0.15, 0.2) is 48.9 Å². The van der Waals surface area contributed by atoms with Crippen molar-refractivity contribution < 1.29 is 4.79 Å². The second-order valence-electron chi connectivity index (χ2n) is 5.41. The Hall–Kier alpha value is -2.89. The van der Waals surface area contributed by atoms with E-state index in [1.54, 1.807) is 12.4 Å². The van der Waals surface area contributed by atoms with Gasteiger partial charge < -0.3 is 5.32 Å². The molecule has 0 aliphatic carbocycles. The second-order valence-corrected chi connectivity index (χ2v) is 5.41. The van der Waals surface area contributed by atoms with Crippen LogP contribution in [0.5, 0.6) is 0 Å². The van der Waals surface area contributed by atoms with Crippen LogP contribution in [0.1, 0.15) is 29.0 Å². The van der Waals surface area contributed by atoms with Crippen LogP contribution in [0.2, 0.25) is 0 Å². The average molecular weight is 293 g/mol. The van der Waals surface area contributed by atoms with Crippen LogP contribution in [-0.4, -0.2) is 25.9 Å². The molecule has 0 bridgehead atoms. The van der Waals surface area contributed by atoms with Crippen LogP contribution < -0.4 is 5.32 Å². The molecule has 2 N–H and O–H groups in total. The van der Waals surface area contributed by atoms with Gasteiger partial charge in [-0.15, -0.1) is 0 Å². The number of carbonyl (C=O) groups excluding carboxylic acids is 1. The Balaban J connectivity index is 1.76. The fourth-order valence-corrected chi connectivity index (χ4v) is 3.01. The predicted molar refractivity (Wildman–Crippen MR) is 81.4 cm³/mol. The van der Waals surface area contributed by atoms with Crippen molar-refractivity contribution >= 4 is 11.7 Å². The zero-order valence-corrected chi connectivity index (χ0v) is 11.9. The fraction of sp³-hybridized carbons (Fsp3) is 0.188. The minimum Gasteiger partial charge on any atom is -0.311 e. The minimum atomic E-state index is 0.00985. The highest BCUT2D eigenvalue weighted by molar-refractivity contribution is 5.94. The summed E-state index contributed by atoms with van der Waals surface area (Å²) in [6.45, 7) is 0.689. The molecule has 0 saturated carbocycles. The molecule has 1 aliphatic heterocycles. The lowest BCUT2D eigenvalue weighted by Crippen LogP contribution is -2.23. The standard InChI is InChI=1S/C16H15N5O/c22-15-8-13(14-9-17-20-16(14)19-15)12-5-2-1-4-11(12)10-21-7-3-6-18-21/h1-7,9,13H,8,10H2,(H2,17,19,20,22). The summed E-state index contributed by atoms with van der Waals surface area (Å²) in [5, 5.41) is 14.0. The molecule has 1 aromatic carbocycles. The number of H-pyrrole nitrogens is 1. The van der Waals surface area contributed by atoms with Crippen LogP contribution in [-0.2, 0) is 11.3 Å². The number of hydrogen-bond acceptors (Lipinski definition) is 3. The van der Waals surface area contributed by atoms with E-state index in [1.807, 2.05) is 29.1 Å². The van der Waals surface area contributed by atoms with E-state index in [2.05, 4.69) is 32.7 Å². The number of fused-ring (bicyclic) bond motifs is 1. The highest BCUT2D eigenvalue weighted by atomic mass is 16.1. The number of anilines is 1. The molecule has 110 valence electrons. The number of aromatic amines is 1. The van der Waals surface area contributed by atoms with Crippen molar-refractivity contribution in [2.24, 2.45) is 0 Å². The largest absolute Gasteiger partial charge is 0.311 e. The molecule has 0 fully saturated rings. The van der Waals surface area contributed by atoms with Gasteiger partial charge in [-0.1, -0.05) is 24.3 Å². The lowest BCUT2D eigenvalue weighted by Gasteiger charge is -2.24. The van der Waals surface area contributed by atoms with E-state index in [0.717, 1.165) is 16.7 Å². The first-order chi connectivity index (χ1) is 10.8. The van der Waals surface area contributed by atoms with Gasteiger partial charge in [0.15, 0.2) is 0 Å². The summed E-state index contributed by atoms with van der Waals surface area (Å²) >= 11 is 0. The first-order valence-corrected chi connectivity index (χ1v) is 7.19. The molecule has 4 rings (SSSR count). The third-order valence-electron chi connectivity index (χ3n) is 4.02. The monoisotopic (exact) mass is 293 g/mol. The normalized spacial score (nSPS) is 17.1. The third-order valence-corrected chi connectivity index (χ3v) is 4.02. The Labute approximate surface area is 127 Å². The number of rotatable bonds is 3. The Morgan fingerprint density at radius 3 is 3.00 bits per heavy atom. The van der Waals surface area contributed by atoms with Crippen molar-refractivity contribution in [1.82, 2.24) is 20.0 Å². The van der Waals surface area contributed by atoms with Crippen LogP contribution in [0.25, 0.3) is 0 Å². The number of carbonyl (C=O) groups is 1. The summed E-state index contributed by atoms with van der Waals surface area (Å²) in [4.78, 5) is 12.0. The van der Waals surface area contributed by atoms with Crippen molar-refractivity contribution in [2.45, 2.75) is 18.9 Å². The van der Waals surface area contributed by atoms with Crippen LogP contribution >= 0.6 is 0 Å². The molecule has 6 nitrogen and oxygen atoms in total. The number of nitrogens with one attached hydrogen (secondary N) is 2. The lowest BCUT2D eigenvalue weighted by molar-refractivity contribution is -0.116. The van der Waals surface area contributed by atoms with Gasteiger partial charge in [0.1, 0.15) is 5.82 Å². The SMILES string of the molecule is O=C1CC(c2ccccc2Cn2cccn2)c2cn[nH]c2N1. The van der Waals surface area contributed by atoms with Gasteiger partial charge in [0.25, 0.3) is 0 Å². The smallest absolute Gasteiger partial charge is 0.226 e. The Morgan fingerprint density at radius 1 is 1.23 bits per heavy atom. The minimum absolute atomic E-state index is 0.00985. The van der Waals surface area contributed by atoms with Gasteiger partial charge in [-0.05, 0) is 17.2 Å². The molecular weight excluding hydrogens is 278 g/mol. The molecule has 0 saturated heterocycles. The van der Waals surface area contributed by atoms with Crippen molar-refractivity contribution in [2.75, 3.05) is 5.32 Å². The topological polar surface area (TPSA) is 75.6 Å². The van der Waals surface area contributed by atoms with Gasteiger partial charge in [0, 0.05) is 30.3 Å². The van der Waals surface area contributed by atoms with Crippen LogP contribution in [0, 0.1) is 0 Å². The van der Waals surface area contributed by atoms with Crippen molar-refractivity contribution in [3.63, 3.8) is 0 Å². The molecular formula is C16H15N5O. The fourth-order valence-electron chi connectivity index (χ4n) is 3.01. The van der Waals surface area contributed by atoms with Crippen LogP contribution in [0.3, 0.4) is 0 Å². The number of nitrogens with zero attached hydrogens (tertiary/aromatic N) is 3. The first-order valence-electron chi connectivity index (χ1n) is 7.19. The quantitative estimate of drug-likeness (QED) is 0.776. The lowest BCUT2D eigenvalue weighted by atomic mass is 9.85. The number of benzene rings is 1. The maximum Gasteiger partial charge on any atom is 0.226 e. The summed E-state index contributed by atoms with van der Waals surface area (Å²) < 4.78 is 1.89. The molecule has 1 unspecified atom stereocenters. The molecule has 0 radical (unpaired) electrons. The van der Waals surface area contributed by atoms with E-state index in [0.29, 0.717) is 18.8 Å². The molecule has 0 spiro atoms. The summed E-state index contributed by atoms with van der Waals surface area (Å²) in [5.74, 6) is 0.736. The zero-order valence-electron chi connectivity index (χ0n) is 11.9. The first kappa shape index (κ1) is 12.8. The number of hydrogen-bond donors (Lipinski definition) is 2. The third kappa shape index (κ3) is 2.18. The summed E-state index contributed by atoms with van der Waals surface area (Å²) in [7, 11) is 0. The predicted octanol–water partition coefficient (Wildman–Crippen LogP) is 2.13. The highest BCUT2D eigenvalue weighted by Crippen LogP contribution is 2.37. The van der Waals surface area contributed by atoms with Crippen LogP contribution in [0.4, 0.5) is 5.82 Å². The van der Waals surface area contributed by atoms with Gasteiger partial charge >= 0.3 is 0 Å². The van der Waals surface area contributed by atoms with Gasteiger partial charge in [-0.2, -0.15) is 10.2 Å².